The Hall–Kier alpha value is -0.640. The molecule has 0 amide bonds. The predicted molar refractivity (Wildman–Crippen MR) is 39.7 cm³/mol. The maximum Gasteiger partial charge on any atom is 0.194 e. The van der Waals surface area contributed by atoms with Crippen molar-refractivity contribution >= 4 is 0 Å². The summed E-state index contributed by atoms with van der Waals surface area (Å²) in [5.41, 5.74) is 0.0417. The van der Waals surface area contributed by atoms with E-state index in [-0.39, 0.29) is 5.60 Å². The lowest BCUT2D eigenvalue weighted by Crippen LogP contribution is -2.15. The summed E-state index contributed by atoms with van der Waals surface area (Å²) < 4.78 is 4.94. The van der Waals surface area contributed by atoms with E-state index in [2.05, 4.69) is 0 Å². The zero-order valence-electron chi connectivity index (χ0n) is 7.17. The molecule has 0 aliphatic carbocycles. The number of nitrogens with zero attached hydrogens (tertiary/aromatic N) is 1. The third kappa shape index (κ3) is 53.5. The molecule has 0 aliphatic rings. The highest BCUT2D eigenvalue weighted by atomic mass is 16.6. The molecule has 0 spiro atoms. The average Bonchev–Trinajstić information content (AvgIpc) is 1.63. The van der Waals surface area contributed by atoms with Crippen LogP contribution < -0.4 is 0 Å². The third-order valence-corrected chi connectivity index (χ3v) is 0.612. The lowest BCUT2D eigenvalue weighted by molar-refractivity contribution is -0.445. The average molecular weight is 149 g/mol. The van der Waals surface area contributed by atoms with Crippen LogP contribution in [0.3, 0.4) is 0 Å². The lowest BCUT2D eigenvalue weighted by atomic mass is 10.2. The molecule has 0 unspecified atom stereocenters. The van der Waals surface area contributed by atoms with E-state index < -0.39 is 4.92 Å². The monoisotopic (exact) mass is 149 g/mol. The molecule has 0 radical (unpaired) electrons. The van der Waals surface area contributed by atoms with E-state index in [4.69, 9.17) is 14.9 Å². The quantitative estimate of drug-likeness (QED) is 0.385. The molecule has 0 aromatic heterocycles. The molecule has 0 atom stereocenters. The van der Waals surface area contributed by atoms with E-state index in [0.29, 0.717) is 0 Å². The van der Waals surface area contributed by atoms with E-state index >= 15 is 0 Å². The number of nitro groups is 1. The summed E-state index contributed by atoms with van der Waals surface area (Å²) in [5, 5.41) is 8.81. The summed E-state index contributed by atoms with van der Waals surface area (Å²) in [7, 11) is 2.60. The highest BCUT2D eigenvalue weighted by Gasteiger charge is 2.03. The molecule has 0 fully saturated rings. The molecule has 0 rings (SSSR count). The molecular formula is C6H15NO3. The first-order chi connectivity index (χ1) is 4.29. The Kier molecular flexibility index (Phi) is 6.24. The summed E-state index contributed by atoms with van der Waals surface area (Å²) >= 11 is 0. The maximum absolute atomic E-state index is 8.81. The SMILES string of the molecule is COC(C)(C)C.C[N+](=O)[O-]. The van der Waals surface area contributed by atoms with E-state index in [0.717, 1.165) is 7.05 Å². The van der Waals surface area contributed by atoms with Crippen molar-refractivity contribution in [3.8, 4) is 0 Å². The van der Waals surface area contributed by atoms with Gasteiger partial charge in [-0.25, -0.2) is 0 Å². The van der Waals surface area contributed by atoms with Crippen molar-refractivity contribution < 1.29 is 9.66 Å². The van der Waals surface area contributed by atoms with Crippen molar-refractivity contribution in [2.45, 2.75) is 26.4 Å². The summed E-state index contributed by atoms with van der Waals surface area (Å²) in [6.07, 6.45) is 0. The minimum absolute atomic E-state index is 0.0417. The van der Waals surface area contributed by atoms with Crippen LogP contribution in [0.15, 0.2) is 0 Å². The number of rotatable bonds is 0. The van der Waals surface area contributed by atoms with Gasteiger partial charge in [0.15, 0.2) is 7.05 Å². The van der Waals surface area contributed by atoms with Crippen LogP contribution in [0.1, 0.15) is 20.8 Å². The molecule has 4 heteroatoms. The third-order valence-electron chi connectivity index (χ3n) is 0.612. The van der Waals surface area contributed by atoms with Crippen molar-refractivity contribution in [2.24, 2.45) is 0 Å². The Morgan fingerprint density at radius 3 is 1.50 bits per heavy atom. The van der Waals surface area contributed by atoms with Gasteiger partial charge in [0.25, 0.3) is 0 Å². The van der Waals surface area contributed by atoms with E-state index in [9.17, 15) is 0 Å². The molecule has 0 aromatic carbocycles. The van der Waals surface area contributed by atoms with Crippen LogP contribution in [0.25, 0.3) is 0 Å². The smallest absolute Gasteiger partial charge is 0.194 e. The van der Waals surface area contributed by atoms with E-state index in [1.165, 1.54) is 0 Å². The summed E-state index contributed by atoms with van der Waals surface area (Å²) in [6.45, 7) is 6.06. The van der Waals surface area contributed by atoms with Crippen LogP contribution in [0.2, 0.25) is 0 Å². The van der Waals surface area contributed by atoms with Crippen LogP contribution in [-0.2, 0) is 4.74 Å². The number of methoxy groups -OCH3 is 1. The topological polar surface area (TPSA) is 52.4 Å². The zero-order chi connectivity index (χ0) is 8.78. The number of hydrogen-bond donors (Lipinski definition) is 0. The van der Waals surface area contributed by atoms with Crippen molar-refractivity contribution in [1.29, 1.82) is 0 Å². The first-order valence-electron chi connectivity index (χ1n) is 2.92. The van der Waals surface area contributed by atoms with Gasteiger partial charge < -0.3 is 4.74 Å². The molecule has 62 valence electrons. The van der Waals surface area contributed by atoms with Gasteiger partial charge in [-0.1, -0.05) is 0 Å². The second-order valence-corrected chi connectivity index (χ2v) is 2.76. The number of hydrogen-bond acceptors (Lipinski definition) is 3. The van der Waals surface area contributed by atoms with Crippen molar-refractivity contribution in [3.05, 3.63) is 10.1 Å². The molecule has 0 saturated carbocycles. The highest BCUT2D eigenvalue weighted by molar-refractivity contribution is 4.55. The second kappa shape index (κ2) is 5.17. The normalized spacial score (nSPS) is 9.70. The molecule has 0 heterocycles. The molecule has 0 bridgehead atoms. The van der Waals surface area contributed by atoms with Crippen LogP contribution in [-0.4, -0.2) is 24.7 Å². The second-order valence-electron chi connectivity index (χ2n) is 2.76. The first kappa shape index (κ1) is 12.1. The fourth-order valence-corrected chi connectivity index (χ4v) is 0. The van der Waals surface area contributed by atoms with Gasteiger partial charge in [-0.05, 0) is 20.8 Å². The van der Waals surface area contributed by atoms with Gasteiger partial charge in [0.1, 0.15) is 0 Å². The molecule has 10 heavy (non-hydrogen) atoms. The van der Waals surface area contributed by atoms with Crippen LogP contribution >= 0.6 is 0 Å². The van der Waals surface area contributed by atoms with Crippen LogP contribution in [0.4, 0.5) is 0 Å². The Morgan fingerprint density at radius 2 is 1.50 bits per heavy atom. The molecule has 0 saturated heterocycles. The Balaban J connectivity index is 0. The molecule has 0 N–H and O–H groups in total. The van der Waals surface area contributed by atoms with Gasteiger partial charge in [-0.2, -0.15) is 0 Å². The van der Waals surface area contributed by atoms with Crippen LogP contribution in [0.5, 0.6) is 0 Å². The fraction of sp³-hybridized carbons (Fsp3) is 1.00. The molecule has 0 aromatic rings. The minimum Gasteiger partial charge on any atom is -0.379 e. The van der Waals surface area contributed by atoms with Gasteiger partial charge in [0, 0.05) is 12.0 Å². The van der Waals surface area contributed by atoms with Crippen LogP contribution in [0, 0.1) is 10.1 Å². The number of ether oxygens (including phenoxy) is 1. The Bertz CT molecular complexity index is 91.7. The van der Waals surface area contributed by atoms with Gasteiger partial charge in [0.05, 0.1) is 5.60 Å². The highest BCUT2D eigenvalue weighted by Crippen LogP contribution is 2.02. The Morgan fingerprint density at radius 1 is 1.40 bits per heavy atom. The standard InChI is InChI=1S/C5H12O.CH3NO2/c1-5(2,3)6-4;1-2(3)4/h1-4H3;1H3. The van der Waals surface area contributed by atoms with Crippen molar-refractivity contribution in [2.75, 3.05) is 14.2 Å². The summed E-state index contributed by atoms with van der Waals surface area (Å²) in [5.74, 6) is 0. The molecule has 0 aliphatic heterocycles. The van der Waals surface area contributed by atoms with Gasteiger partial charge in [-0.3, -0.25) is 10.1 Å². The largest absolute Gasteiger partial charge is 0.379 e. The molecular weight excluding hydrogens is 134 g/mol. The minimum atomic E-state index is -0.500. The first-order valence-corrected chi connectivity index (χ1v) is 2.92. The summed E-state index contributed by atoms with van der Waals surface area (Å²) in [4.78, 5) is 8.31. The molecule has 4 nitrogen and oxygen atoms in total. The van der Waals surface area contributed by atoms with Crippen molar-refractivity contribution in [3.63, 3.8) is 0 Å². The van der Waals surface area contributed by atoms with E-state index in [1.54, 1.807) is 7.11 Å². The van der Waals surface area contributed by atoms with Crippen molar-refractivity contribution in [1.82, 2.24) is 0 Å². The van der Waals surface area contributed by atoms with E-state index in [1.807, 2.05) is 20.8 Å². The van der Waals surface area contributed by atoms with Gasteiger partial charge in [0.2, 0.25) is 0 Å². The van der Waals surface area contributed by atoms with Gasteiger partial charge >= 0.3 is 0 Å². The lowest BCUT2D eigenvalue weighted by Gasteiger charge is -2.14. The predicted octanol–water partition coefficient (Wildman–Crippen LogP) is 1.32. The fourth-order valence-electron chi connectivity index (χ4n) is 0. The maximum atomic E-state index is 8.81. The zero-order valence-corrected chi connectivity index (χ0v) is 7.17. The summed E-state index contributed by atoms with van der Waals surface area (Å²) in [6, 6.07) is 0. The van der Waals surface area contributed by atoms with Gasteiger partial charge in [-0.15, -0.1) is 0 Å². The Labute approximate surface area is 61.3 Å².